The normalized spacial score (nSPS) is 11.4. The van der Waals surface area contributed by atoms with Crippen molar-refractivity contribution in [1.29, 1.82) is 0 Å². The minimum Gasteiger partial charge on any atom is -0.483 e. The molecule has 0 saturated carbocycles. The van der Waals surface area contributed by atoms with Crippen LogP contribution in [0.25, 0.3) is 11.3 Å². The fraction of sp³-hybridized carbons (Fsp3) is 0.280. The summed E-state index contributed by atoms with van der Waals surface area (Å²) in [7, 11) is -3.26. The van der Waals surface area contributed by atoms with Gasteiger partial charge in [0.1, 0.15) is 5.75 Å². The first-order valence-corrected chi connectivity index (χ1v) is 13.3. The van der Waals surface area contributed by atoms with Crippen LogP contribution < -0.4 is 9.64 Å². The Bertz CT molecular complexity index is 1250. The fourth-order valence-electron chi connectivity index (χ4n) is 3.27. The first kappa shape index (κ1) is 24.7. The summed E-state index contributed by atoms with van der Waals surface area (Å²) in [6.45, 7) is 10.1. The molecule has 174 valence electrons. The number of nitrogens with zero attached hydrogens (tertiary/aromatic N) is 2. The van der Waals surface area contributed by atoms with E-state index >= 15 is 0 Å². The summed E-state index contributed by atoms with van der Waals surface area (Å²) < 4.78 is 29.3. The number of carbonyl (C=O) groups excluding carboxylic acids is 1. The predicted octanol–water partition coefficient (Wildman–Crippen LogP) is 5.24. The van der Waals surface area contributed by atoms with Gasteiger partial charge in [-0.05, 0) is 42.2 Å². The molecule has 33 heavy (non-hydrogen) atoms. The third-order valence-electron chi connectivity index (χ3n) is 5.06. The van der Waals surface area contributed by atoms with Crippen molar-refractivity contribution in [3.05, 3.63) is 71.6 Å². The number of sulfone groups is 1. The van der Waals surface area contributed by atoms with Gasteiger partial charge in [-0.3, -0.25) is 9.69 Å². The second-order valence-corrected chi connectivity index (χ2v) is 10.9. The quantitative estimate of drug-likeness (QED) is 0.388. The van der Waals surface area contributed by atoms with E-state index < -0.39 is 9.84 Å². The third-order valence-corrected chi connectivity index (χ3v) is 7.05. The van der Waals surface area contributed by atoms with E-state index in [0.717, 1.165) is 16.7 Å². The molecule has 0 atom stereocenters. The lowest BCUT2D eigenvalue weighted by Crippen LogP contribution is -2.35. The number of anilines is 1. The summed E-state index contributed by atoms with van der Waals surface area (Å²) in [5.41, 5.74) is 3.56. The van der Waals surface area contributed by atoms with Crippen LogP contribution in [0.4, 0.5) is 5.13 Å². The zero-order chi connectivity index (χ0) is 24.2. The summed E-state index contributed by atoms with van der Waals surface area (Å²) in [5.74, 6) is 0.762. The van der Waals surface area contributed by atoms with Gasteiger partial charge in [-0.2, -0.15) is 0 Å². The van der Waals surface area contributed by atoms with Gasteiger partial charge >= 0.3 is 0 Å². The van der Waals surface area contributed by atoms with Crippen LogP contribution in [0.3, 0.4) is 0 Å². The van der Waals surface area contributed by atoms with E-state index in [0.29, 0.717) is 23.1 Å². The summed E-state index contributed by atoms with van der Waals surface area (Å²) >= 11 is 1.34. The molecule has 2 aromatic carbocycles. The first-order valence-electron chi connectivity index (χ1n) is 10.5. The number of hydrogen-bond acceptors (Lipinski definition) is 6. The number of thiazole rings is 1. The molecule has 3 rings (SSSR count). The number of rotatable bonds is 9. The summed E-state index contributed by atoms with van der Waals surface area (Å²) in [4.78, 5) is 19.4. The Morgan fingerprint density at radius 3 is 2.52 bits per heavy atom. The van der Waals surface area contributed by atoms with Crippen molar-refractivity contribution in [1.82, 2.24) is 4.98 Å². The van der Waals surface area contributed by atoms with E-state index in [-0.39, 0.29) is 23.3 Å². The molecular formula is C25H28N2O4S2. The third kappa shape index (κ3) is 6.09. The number of hydrogen-bond donors (Lipinski definition) is 0. The maximum absolute atomic E-state index is 13.0. The lowest BCUT2D eigenvalue weighted by atomic mass is 10.0. The molecule has 3 aromatic rings. The van der Waals surface area contributed by atoms with E-state index in [9.17, 15) is 13.2 Å². The highest BCUT2D eigenvalue weighted by atomic mass is 32.2. The van der Waals surface area contributed by atoms with Gasteiger partial charge in [0, 0.05) is 23.7 Å². The number of aryl methyl sites for hydroxylation is 1. The monoisotopic (exact) mass is 484 g/mol. The second kappa shape index (κ2) is 10.3. The van der Waals surface area contributed by atoms with Crippen molar-refractivity contribution in [3.63, 3.8) is 0 Å². The minimum absolute atomic E-state index is 0.116. The van der Waals surface area contributed by atoms with E-state index in [1.165, 1.54) is 22.5 Å². The zero-order valence-corrected chi connectivity index (χ0v) is 20.9. The Morgan fingerprint density at radius 1 is 1.21 bits per heavy atom. The van der Waals surface area contributed by atoms with Crippen molar-refractivity contribution < 1.29 is 17.9 Å². The van der Waals surface area contributed by atoms with Crippen LogP contribution in [0, 0.1) is 6.92 Å². The topological polar surface area (TPSA) is 76.6 Å². The van der Waals surface area contributed by atoms with Crippen LogP contribution >= 0.6 is 11.3 Å². The summed E-state index contributed by atoms with van der Waals surface area (Å²) in [6, 6.07) is 12.5. The molecule has 0 aliphatic heterocycles. The fourth-order valence-corrected chi connectivity index (χ4v) is 4.76. The van der Waals surface area contributed by atoms with Gasteiger partial charge in [-0.1, -0.05) is 44.2 Å². The molecule has 0 aliphatic carbocycles. The summed E-state index contributed by atoms with van der Waals surface area (Å²) in [6.07, 6.45) is 2.82. The average Bonchev–Trinajstić information content (AvgIpc) is 3.25. The average molecular weight is 485 g/mol. The highest BCUT2D eigenvalue weighted by molar-refractivity contribution is 7.90. The van der Waals surface area contributed by atoms with Gasteiger partial charge in [0.25, 0.3) is 5.91 Å². The molecule has 0 aliphatic rings. The standard InChI is InChI=1S/C25H28N2O4S2/c1-6-13-27(24(28)15-31-23-14-18(4)7-12-21(23)17(2)3)25-26-22(16-32-25)19-8-10-20(11-9-19)33(5,29)30/h6-12,14,16-17H,1,13,15H2,2-5H3. The van der Waals surface area contributed by atoms with Crippen molar-refractivity contribution in [2.75, 3.05) is 24.3 Å². The molecule has 0 spiro atoms. The molecule has 1 heterocycles. The Kier molecular flexibility index (Phi) is 7.71. The minimum atomic E-state index is -3.26. The van der Waals surface area contributed by atoms with E-state index in [1.54, 1.807) is 30.3 Å². The Balaban J connectivity index is 1.78. The van der Waals surface area contributed by atoms with Crippen LogP contribution in [-0.4, -0.2) is 38.7 Å². The van der Waals surface area contributed by atoms with E-state index in [2.05, 4.69) is 25.4 Å². The molecule has 8 heteroatoms. The zero-order valence-electron chi connectivity index (χ0n) is 19.2. The van der Waals surface area contributed by atoms with Gasteiger partial charge in [-0.25, -0.2) is 13.4 Å². The van der Waals surface area contributed by atoms with Crippen molar-refractivity contribution in [2.24, 2.45) is 0 Å². The molecule has 0 radical (unpaired) electrons. The van der Waals surface area contributed by atoms with Gasteiger partial charge in [0.15, 0.2) is 21.6 Å². The lowest BCUT2D eigenvalue weighted by Gasteiger charge is -2.20. The Labute approximate surface area is 199 Å². The van der Waals surface area contributed by atoms with Gasteiger partial charge < -0.3 is 4.74 Å². The number of benzene rings is 2. The smallest absolute Gasteiger partial charge is 0.266 e. The highest BCUT2D eigenvalue weighted by Gasteiger charge is 2.20. The second-order valence-electron chi connectivity index (χ2n) is 8.09. The molecule has 0 fully saturated rings. The highest BCUT2D eigenvalue weighted by Crippen LogP contribution is 2.30. The molecular weight excluding hydrogens is 456 g/mol. The number of carbonyl (C=O) groups is 1. The lowest BCUT2D eigenvalue weighted by molar-refractivity contribution is -0.120. The van der Waals surface area contributed by atoms with E-state index in [4.69, 9.17) is 4.74 Å². The molecule has 1 amide bonds. The largest absolute Gasteiger partial charge is 0.483 e. The van der Waals surface area contributed by atoms with Crippen LogP contribution in [0.5, 0.6) is 5.75 Å². The molecule has 0 saturated heterocycles. The van der Waals surface area contributed by atoms with Gasteiger partial charge in [0.2, 0.25) is 0 Å². The molecule has 6 nitrogen and oxygen atoms in total. The Morgan fingerprint density at radius 2 is 1.91 bits per heavy atom. The first-order chi connectivity index (χ1) is 15.6. The maximum Gasteiger partial charge on any atom is 0.266 e. The predicted molar refractivity (Wildman–Crippen MR) is 134 cm³/mol. The molecule has 0 N–H and O–H groups in total. The van der Waals surface area contributed by atoms with Crippen LogP contribution in [0.15, 0.2) is 65.4 Å². The van der Waals surface area contributed by atoms with Crippen LogP contribution in [0.1, 0.15) is 30.9 Å². The molecule has 0 bridgehead atoms. The number of ether oxygens (including phenoxy) is 1. The van der Waals surface area contributed by atoms with Crippen LogP contribution in [-0.2, 0) is 14.6 Å². The van der Waals surface area contributed by atoms with Crippen LogP contribution in [0.2, 0.25) is 0 Å². The number of aromatic nitrogens is 1. The molecule has 1 aromatic heterocycles. The van der Waals surface area contributed by atoms with Crippen molar-refractivity contribution in [2.45, 2.75) is 31.6 Å². The molecule has 0 unspecified atom stereocenters. The van der Waals surface area contributed by atoms with E-state index in [1.807, 2.05) is 30.5 Å². The maximum atomic E-state index is 13.0. The van der Waals surface area contributed by atoms with Crippen molar-refractivity contribution in [3.8, 4) is 17.0 Å². The van der Waals surface area contributed by atoms with Crippen molar-refractivity contribution >= 4 is 32.2 Å². The number of amides is 1. The Hall–Kier alpha value is -2.97. The SMILES string of the molecule is C=CCN(C(=O)COc1cc(C)ccc1C(C)C)c1nc(-c2ccc(S(C)(=O)=O)cc2)cs1. The van der Waals surface area contributed by atoms with Gasteiger partial charge in [-0.15, -0.1) is 17.9 Å². The summed E-state index contributed by atoms with van der Waals surface area (Å²) in [5, 5.41) is 2.37. The van der Waals surface area contributed by atoms with Gasteiger partial charge in [0.05, 0.1) is 10.6 Å².